The molecular formula is C25H39N2O3S+. The number of carbonyl (C=O) groups excluding carboxylic acids is 1. The maximum atomic E-state index is 10.7. The van der Waals surface area contributed by atoms with Gasteiger partial charge in [-0.15, -0.1) is 0 Å². The lowest BCUT2D eigenvalue weighted by Gasteiger charge is -2.09. The van der Waals surface area contributed by atoms with E-state index in [4.69, 9.17) is 9.47 Å². The van der Waals surface area contributed by atoms with Crippen molar-refractivity contribution in [1.29, 1.82) is 0 Å². The Labute approximate surface area is 193 Å². The number of benzene rings is 1. The van der Waals surface area contributed by atoms with Crippen LogP contribution in [0, 0.1) is 0 Å². The van der Waals surface area contributed by atoms with Crippen molar-refractivity contribution in [2.75, 3.05) is 26.5 Å². The molecular weight excluding hydrogens is 408 g/mol. The van der Waals surface area contributed by atoms with Crippen LogP contribution in [0.4, 0.5) is 0 Å². The molecule has 0 bridgehead atoms. The van der Waals surface area contributed by atoms with Gasteiger partial charge in [0.15, 0.2) is 23.9 Å². The summed E-state index contributed by atoms with van der Waals surface area (Å²) < 4.78 is 10.6. The fraction of sp³-hybridized carbons (Fsp3) is 0.440. The van der Waals surface area contributed by atoms with Crippen molar-refractivity contribution in [2.24, 2.45) is 0 Å². The van der Waals surface area contributed by atoms with E-state index in [0.29, 0.717) is 13.0 Å². The molecule has 0 spiro atoms. The fourth-order valence-electron chi connectivity index (χ4n) is 2.25. The zero-order chi connectivity index (χ0) is 23.3. The van der Waals surface area contributed by atoms with Crippen molar-refractivity contribution in [1.82, 2.24) is 5.32 Å². The van der Waals surface area contributed by atoms with Crippen molar-refractivity contribution < 1.29 is 19.3 Å². The maximum Gasteiger partial charge on any atom is 0.220 e. The average Bonchev–Trinajstić information content (AvgIpc) is 2.82. The molecule has 5 nitrogen and oxygen atoms in total. The molecule has 0 saturated carbocycles. The van der Waals surface area contributed by atoms with E-state index in [1.807, 2.05) is 61.8 Å². The minimum absolute atomic E-state index is 0.131. The Kier molecular flexibility index (Phi) is 17.9. The molecule has 2 N–H and O–H groups in total. The normalized spacial score (nSPS) is 9.74. The third kappa shape index (κ3) is 13.4. The van der Waals surface area contributed by atoms with Crippen LogP contribution in [0.25, 0.3) is 12.2 Å². The van der Waals surface area contributed by atoms with E-state index in [1.54, 1.807) is 14.2 Å². The van der Waals surface area contributed by atoms with E-state index in [9.17, 15) is 4.79 Å². The van der Waals surface area contributed by atoms with Crippen molar-refractivity contribution in [3.63, 3.8) is 0 Å². The number of carbonyl (C=O) groups is 1. The lowest BCUT2D eigenvalue weighted by molar-refractivity contribution is -0.378. The van der Waals surface area contributed by atoms with E-state index in [0.717, 1.165) is 34.8 Å². The first-order valence-electron chi connectivity index (χ1n) is 10.8. The number of methoxy groups -OCH3 is 2. The molecule has 0 fully saturated rings. The topological polar surface area (TPSA) is 61.7 Å². The summed E-state index contributed by atoms with van der Waals surface area (Å²) in [6, 6.07) is 9.83. The number of pyridine rings is 1. The van der Waals surface area contributed by atoms with Gasteiger partial charge in [0.1, 0.15) is 0 Å². The van der Waals surface area contributed by atoms with Crippen LogP contribution in [-0.4, -0.2) is 32.4 Å². The first kappa shape index (κ1) is 28.5. The van der Waals surface area contributed by atoms with Gasteiger partial charge in [-0.1, -0.05) is 57.9 Å². The Morgan fingerprint density at radius 3 is 2.19 bits per heavy atom. The first-order valence-corrected chi connectivity index (χ1v) is 11.4. The molecule has 1 aromatic heterocycles. The maximum absolute atomic E-state index is 10.7. The molecule has 0 aliphatic rings. The fourth-order valence-corrected chi connectivity index (χ4v) is 2.36. The smallest absolute Gasteiger partial charge is 0.220 e. The molecule has 1 amide bonds. The monoisotopic (exact) mass is 447 g/mol. The lowest BCUT2D eigenvalue weighted by Crippen LogP contribution is -2.24. The summed E-state index contributed by atoms with van der Waals surface area (Å²) in [5, 5.41) is 2.72. The van der Waals surface area contributed by atoms with Gasteiger partial charge in [-0.3, -0.25) is 4.79 Å². The van der Waals surface area contributed by atoms with E-state index < -0.39 is 0 Å². The number of para-hydroxylation sites is 1. The van der Waals surface area contributed by atoms with Gasteiger partial charge in [0.2, 0.25) is 5.91 Å². The van der Waals surface area contributed by atoms with E-state index in [1.165, 1.54) is 12.8 Å². The number of thiol groups is 1. The number of ether oxygens (including phenoxy) is 2. The van der Waals surface area contributed by atoms with Gasteiger partial charge in [0.05, 0.1) is 14.2 Å². The van der Waals surface area contributed by atoms with Crippen molar-refractivity contribution >= 4 is 30.7 Å². The number of hydrogen-bond acceptors (Lipinski definition) is 4. The third-order valence-electron chi connectivity index (χ3n) is 4.04. The molecule has 1 aromatic carbocycles. The van der Waals surface area contributed by atoms with Gasteiger partial charge in [0.25, 0.3) is 0 Å². The Hall–Kier alpha value is -2.47. The van der Waals surface area contributed by atoms with E-state index >= 15 is 0 Å². The zero-order valence-corrected chi connectivity index (χ0v) is 20.5. The molecule has 172 valence electrons. The van der Waals surface area contributed by atoms with Gasteiger partial charge < -0.3 is 14.8 Å². The van der Waals surface area contributed by atoms with Gasteiger partial charge in [-0.2, -0.15) is 12.6 Å². The first-order chi connectivity index (χ1) is 15.1. The molecule has 31 heavy (non-hydrogen) atoms. The summed E-state index contributed by atoms with van der Waals surface area (Å²) in [6.07, 6.45) is 12.0. The summed E-state index contributed by atoms with van der Waals surface area (Å²) in [6.45, 7) is 7.03. The highest BCUT2D eigenvalue weighted by Gasteiger charge is 2.06. The summed E-state index contributed by atoms with van der Waals surface area (Å²) in [4.78, 5) is 13.7. The number of H-pyrrole nitrogens is 1. The second kappa shape index (κ2) is 19.5. The Balaban J connectivity index is 0.000000581. The van der Waals surface area contributed by atoms with E-state index in [2.05, 4.69) is 36.8 Å². The predicted molar refractivity (Wildman–Crippen MR) is 134 cm³/mol. The van der Waals surface area contributed by atoms with Crippen LogP contribution >= 0.6 is 12.6 Å². The molecule has 0 radical (unpaired) electrons. The number of amides is 1. The second-order valence-corrected chi connectivity index (χ2v) is 7.02. The van der Waals surface area contributed by atoms with Gasteiger partial charge in [-0.05, 0) is 18.1 Å². The second-order valence-electron chi connectivity index (χ2n) is 6.57. The Morgan fingerprint density at radius 1 is 1.00 bits per heavy atom. The molecule has 0 saturated heterocycles. The van der Waals surface area contributed by atoms with Crippen molar-refractivity contribution in [3.8, 4) is 11.5 Å². The molecule has 0 aliphatic heterocycles. The van der Waals surface area contributed by atoms with Crippen LogP contribution in [0.3, 0.4) is 0 Å². The Bertz CT molecular complexity index is 735. The van der Waals surface area contributed by atoms with Crippen LogP contribution in [0.1, 0.15) is 57.6 Å². The van der Waals surface area contributed by atoms with Crippen LogP contribution in [0.2, 0.25) is 0 Å². The minimum atomic E-state index is 0.131. The summed E-state index contributed by atoms with van der Waals surface area (Å²) in [5.41, 5.74) is 2.11. The van der Waals surface area contributed by atoms with E-state index in [-0.39, 0.29) is 5.91 Å². The molecule has 0 aliphatic carbocycles. The molecule has 6 heteroatoms. The zero-order valence-electron chi connectivity index (χ0n) is 19.6. The van der Waals surface area contributed by atoms with Crippen LogP contribution < -0.4 is 19.8 Å². The van der Waals surface area contributed by atoms with Crippen LogP contribution in [0.5, 0.6) is 11.5 Å². The molecule has 2 rings (SSSR count). The van der Waals surface area contributed by atoms with Crippen LogP contribution in [0.15, 0.2) is 42.7 Å². The molecule has 0 atom stereocenters. The number of aromatic nitrogens is 1. The van der Waals surface area contributed by atoms with Gasteiger partial charge >= 0.3 is 0 Å². The number of unbranched alkanes of at least 4 members (excludes halogenated alkanes) is 1. The number of nitrogens with one attached hydrogen (secondary N) is 2. The predicted octanol–water partition coefficient (Wildman–Crippen LogP) is 5.33. The largest absolute Gasteiger partial charge is 0.493 e. The minimum Gasteiger partial charge on any atom is -0.493 e. The SMILES string of the molecule is CCCC.CCCC(=O)NCCS.COc1cccc(/C=C/c2cc[nH+]cc2)c1OC. The highest BCUT2D eigenvalue weighted by atomic mass is 32.1. The number of aromatic amines is 1. The number of hydrogen-bond donors (Lipinski definition) is 2. The molecule has 2 aromatic rings. The standard InChI is InChI=1S/C15H15NO2.C6H13NOS.C4H10/c1-17-14-5-3-4-13(15(14)18-2)7-6-12-8-10-16-11-9-12;1-2-3-6(8)7-4-5-9;1-3-4-2/h3-11H,1-2H3;9H,2-5H2,1H3,(H,7,8);3-4H2,1-2H3/p+1/b7-6+;;. The Morgan fingerprint density at radius 2 is 1.68 bits per heavy atom. The summed E-state index contributed by atoms with van der Waals surface area (Å²) in [7, 11) is 3.28. The molecule has 1 heterocycles. The quantitative estimate of drug-likeness (QED) is 0.511. The molecule has 0 unspecified atom stereocenters. The van der Waals surface area contributed by atoms with Gasteiger partial charge in [-0.25, -0.2) is 4.98 Å². The average molecular weight is 448 g/mol. The lowest BCUT2D eigenvalue weighted by atomic mass is 10.1. The number of rotatable bonds is 9. The van der Waals surface area contributed by atoms with Gasteiger partial charge in [0, 0.05) is 36.4 Å². The highest BCUT2D eigenvalue weighted by Crippen LogP contribution is 2.31. The van der Waals surface area contributed by atoms with Crippen molar-refractivity contribution in [2.45, 2.75) is 46.5 Å². The van der Waals surface area contributed by atoms with Crippen molar-refractivity contribution in [3.05, 3.63) is 53.9 Å². The third-order valence-corrected chi connectivity index (χ3v) is 4.27. The van der Waals surface area contributed by atoms with Crippen LogP contribution in [-0.2, 0) is 4.79 Å². The summed E-state index contributed by atoms with van der Waals surface area (Å²) in [5.74, 6) is 2.33. The summed E-state index contributed by atoms with van der Waals surface area (Å²) >= 11 is 3.95. The highest BCUT2D eigenvalue weighted by molar-refractivity contribution is 7.80.